The van der Waals surface area contributed by atoms with Crippen LogP contribution >= 0.6 is 0 Å². The first-order valence-electron chi connectivity index (χ1n) is 19.6. The van der Waals surface area contributed by atoms with Crippen molar-refractivity contribution in [3.63, 3.8) is 0 Å². The Hall–Kier alpha value is -7.62. The van der Waals surface area contributed by atoms with Gasteiger partial charge in [-0.2, -0.15) is 0 Å². The van der Waals surface area contributed by atoms with E-state index in [0.29, 0.717) is 0 Å². The fourth-order valence-electron chi connectivity index (χ4n) is 9.80. The molecule has 3 aromatic heterocycles. The minimum atomic E-state index is 0.916. The van der Waals surface area contributed by atoms with Gasteiger partial charge in [-0.3, -0.25) is 0 Å². The average Bonchev–Trinajstić information content (AvgIpc) is 3.94. The number of fused-ring (bicyclic) bond motifs is 15. The summed E-state index contributed by atoms with van der Waals surface area (Å²) in [5.41, 5.74) is 11.2. The quantitative estimate of drug-likeness (QED) is 0.166. The molecule has 0 aliphatic carbocycles. The van der Waals surface area contributed by atoms with Gasteiger partial charge in [-0.25, -0.2) is 0 Å². The number of nitrogens with zero attached hydrogens (tertiary/aromatic N) is 2. The smallest absolute Gasteiger partial charge is 0.143 e. The second-order valence-corrected chi connectivity index (χ2v) is 15.2. The van der Waals surface area contributed by atoms with Gasteiger partial charge in [0.15, 0.2) is 0 Å². The van der Waals surface area contributed by atoms with Crippen LogP contribution in [0.25, 0.3) is 120 Å². The molecule has 264 valence electrons. The molecule has 10 aromatic carbocycles. The van der Waals surface area contributed by atoms with Gasteiger partial charge in [-0.05, 0) is 98.5 Å². The molecule has 3 heterocycles. The standard InChI is InChI=1S/C54H32N2O/c1-2-13-38-37(12-1)46-30-33(36-18-11-19-45-44-17-6-10-23-53(44)57-54(36)45)24-27-39(46)40-28-25-34(31-47(38)40)56-51-22-9-5-16-43(51)48-32-35(26-29-52(48)56)55-49-20-7-3-14-41(49)42-15-4-8-21-50(42)55/h1-32H. The van der Waals surface area contributed by atoms with Gasteiger partial charge in [-0.1, -0.05) is 133 Å². The zero-order valence-corrected chi connectivity index (χ0v) is 30.8. The Morgan fingerprint density at radius 1 is 0.281 bits per heavy atom. The Morgan fingerprint density at radius 3 is 1.40 bits per heavy atom. The zero-order chi connectivity index (χ0) is 37.2. The van der Waals surface area contributed by atoms with E-state index in [2.05, 4.69) is 197 Å². The zero-order valence-electron chi connectivity index (χ0n) is 30.8. The average molecular weight is 725 g/mol. The lowest BCUT2D eigenvalue weighted by atomic mass is 9.91. The van der Waals surface area contributed by atoms with Crippen LogP contribution in [0.1, 0.15) is 0 Å². The first-order valence-corrected chi connectivity index (χ1v) is 19.6. The lowest BCUT2D eigenvalue weighted by Gasteiger charge is -2.15. The van der Waals surface area contributed by atoms with Crippen molar-refractivity contribution in [2.75, 3.05) is 0 Å². The number of benzene rings is 10. The molecule has 0 saturated carbocycles. The highest BCUT2D eigenvalue weighted by atomic mass is 16.3. The summed E-state index contributed by atoms with van der Waals surface area (Å²) in [4.78, 5) is 0. The summed E-state index contributed by atoms with van der Waals surface area (Å²) in [5, 5.41) is 14.8. The van der Waals surface area contributed by atoms with Crippen LogP contribution in [0.3, 0.4) is 0 Å². The van der Waals surface area contributed by atoms with E-state index in [1.54, 1.807) is 0 Å². The molecule has 3 nitrogen and oxygen atoms in total. The molecule has 57 heavy (non-hydrogen) atoms. The van der Waals surface area contributed by atoms with Crippen LogP contribution < -0.4 is 0 Å². The summed E-state index contributed by atoms with van der Waals surface area (Å²) in [5.74, 6) is 0. The van der Waals surface area contributed by atoms with Crippen LogP contribution in [0.5, 0.6) is 0 Å². The molecule has 0 amide bonds. The molecule has 13 rings (SSSR count). The highest BCUT2D eigenvalue weighted by molar-refractivity contribution is 6.26. The van der Waals surface area contributed by atoms with Gasteiger partial charge in [-0.15, -0.1) is 0 Å². The van der Waals surface area contributed by atoms with E-state index in [0.717, 1.165) is 44.4 Å². The van der Waals surface area contributed by atoms with Crippen molar-refractivity contribution in [3.05, 3.63) is 194 Å². The van der Waals surface area contributed by atoms with Crippen molar-refractivity contribution in [1.29, 1.82) is 0 Å². The largest absolute Gasteiger partial charge is 0.455 e. The predicted molar refractivity (Wildman–Crippen MR) is 240 cm³/mol. The molecule has 0 N–H and O–H groups in total. The Kier molecular flexibility index (Phi) is 6.16. The third kappa shape index (κ3) is 4.26. The minimum absolute atomic E-state index is 0.916. The van der Waals surface area contributed by atoms with Gasteiger partial charge in [0.25, 0.3) is 0 Å². The molecule has 0 bridgehead atoms. The number of para-hydroxylation sites is 5. The van der Waals surface area contributed by atoms with Crippen LogP contribution in [0.2, 0.25) is 0 Å². The molecule has 0 aliphatic heterocycles. The molecule has 0 radical (unpaired) electrons. The molecule has 0 saturated heterocycles. The summed E-state index contributed by atoms with van der Waals surface area (Å²) in [6.45, 7) is 0. The van der Waals surface area contributed by atoms with Gasteiger partial charge in [0.1, 0.15) is 11.2 Å². The van der Waals surface area contributed by atoms with E-state index in [4.69, 9.17) is 4.42 Å². The lowest BCUT2D eigenvalue weighted by Crippen LogP contribution is -1.96. The molecule has 0 fully saturated rings. The normalized spacial score (nSPS) is 12.2. The first kappa shape index (κ1) is 30.7. The van der Waals surface area contributed by atoms with Crippen LogP contribution in [-0.4, -0.2) is 9.13 Å². The Balaban J connectivity index is 1.02. The van der Waals surface area contributed by atoms with E-state index >= 15 is 0 Å². The second kappa shape index (κ2) is 11.5. The topological polar surface area (TPSA) is 23.0 Å². The van der Waals surface area contributed by atoms with Crippen molar-refractivity contribution in [3.8, 4) is 22.5 Å². The summed E-state index contributed by atoms with van der Waals surface area (Å²) in [6, 6.07) is 70.8. The molecule has 0 unspecified atom stereocenters. The van der Waals surface area contributed by atoms with Crippen LogP contribution in [0.15, 0.2) is 199 Å². The van der Waals surface area contributed by atoms with Crippen molar-refractivity contribution < 1.29 is 4.42 Å². The van der Waals surface area contributed by atoms with Crippen molar-refractivity contribution in [2.45, 2.75) is 0 Å². The maximum Gasteiger partial charge on any atom is 0.143 e. The van der Waals surface area contributed by atoms with Gasteiger partial charge in [0.2, 0.25) is 0 Å². The minimum Gasteiger partial charge on any atom is -0.455 e. The summed E-state index contributed by atoms with van der Waals surface area (Å²) < 4.78 is 11.3. The Bertz CT molecular complexity index is 3750. The van der Waals surface area contributed by atoms with E-state index < -0.39 is 0 Å². The van der Waals surface area contributed by atoms with E-state index in [-0.39, 0.29) is 0 Å². The second-order valence-electron chi connectivity index (χ2n) is 15.2. The van der Waals surface area contributed by atoms with Crippen LogP contribution in [-0.2, 0) is 0 Å². The summed E-state index contributed by atoms with van der Waals surface area (Å²) >= 11 is 0. The Labute approximate surface area is 326 Å². The van der Waals surface area contributed by atoms with Crippen molar-refractivity contribution in [1.82, 2.24) is 9.13 Å². The van der Waals surface area contributed by atoms with E-state index in [1.165, 1.54) is 75.9 Å². The predicted octanol–water partition coefficient (Wildman–Crippen LogP) is 14.9. The van der Waals surface area contributed by atoms with Gasteiger partial charge < -0.3 is 13.6 Å². The van der Waals surface area contributed by atoms with E-state index in [1.807, 2.05) is 6.07 Å². The Morgan fingerprint density at radius 2 is 0.737 bits per heavy atom. The number of hydrogen-bond acceptors (Lipinski definition) is 1. The third-order valence-electron chi connectivity index (χ3n) is 12.3. The summed E-state index contributed by atoms with van der Waals surface area (Å²) in [6.07, 6.45) is 0. The highest BCUT2D eigenvalue weighted by Crippen LogP contribution is 2.42. The monoisotopic (exact) mass is 724 g/mol. The molecule has 0 atom stereocenters. The SMILES string of the molecule is c1ccc2c(c1)oc1c(-c3ccc4c5ccc(-n6c7ccccc7c7cc(-n8c9ccccc9c9ccccc98)ccc76)cc5c5ccccc5c4c3)cccc12. The van der Waals surface area contributed by atoms with Gasteiger partial charge in [0.05, 0.1) is 22.1 Å². The molecule has 0 spiro atoms. The van der Waals surface area contributed by atoms with Crippen LogP contribution in [0.4, 0.5) is 0 Å². The maximum atomic E-state index is 6.47. The fourth-order valence-corrected chi connectivity index (χ4v) is 9.80. The number of aromatic nitrogens is 2. The van der Waals surface area contributed by atoms with Crippen molar-refractivity contribution in [2.24, 2.45) is 0 Å². The first-order chi connectivity index (χ1) is 28.3. The number of rotatable bonds is 3. The van der Waals surface area contributed by atoms with Crippen LogP contribution in [0, 0.1) is 0 Å². The molecular weight excluding hydrogens is 693 g/mol. The van der Waals surface area contributed by atoms with Gasteiger partial charge in [0, 0.05) is 49.3 Å². The molecule has 0 aliphatic rings. The van der Waals surface area contributed by atoms with Crippen molar-refractivity contribution >= 4 is 97.9 Å². The number of furan rings is 1. The third-order valence-corrected chi connectivity index (χ3v) is 12.3. The molecular formula is C54H32N2O. The fraction of sp³-hybridized carbons (Fsp3) is 0. The molecule has 3 heteroatoms. The maximum absolute atomic E-state index is 6.47. The van der Waals surface area contributed by atoms with Gasteiger partial charge >= 0.3 is 0 Å². The van der Waals surface area contributed by atoms with E-state index in [9.17, 15) is 0 Å². The highest BCUT2D eigenvalue weighted by Gasteiger charge is 2.19. The molecule has 13 aromatic rings. The lowest BCUT2D eigenvalue weighted by molar-refractivity contribution is 0.670. The summed E-state index contributed by atoms with van der Waals surface area (Å²) in [7, 11) is 0. The number of hydrogen-bond donors (Lipinski definition) is 0.